The molecule has 0 aliphatic carbocycles. The lowest BCUT2D eigenvalue weighted by atomic mass is 10.3. The van der Waals surface area contributed by atoms with Gasteiger partial charge in [-0.3, -0.25) is 19.1 Å². The average molecular weight is 211 g/mol. The fourth-order valence-corrected chi connectivity index (χ4v) is 0.953. The number of primary amides is 1. The van der Waals surface area contributed by atoms with Crippen LogP contribution in [0.4, 0.5) is 0 Å². The van der Waals surface area contributed by atoms with Gasteiger partial charge in [-0.25, -0.2) is 5.06 Å². The van der Waals surface area contributed by atoms with Crippen LogP contribution in [0.15, 0.2) is 0 Å². The first-order valence-corrected chi connectivity index (χ1v) is 4.05. The molecule has 1 radical (unpaired) electrons. The maximum atomic E-state index is 11.6. The third-order valence-electron chi connectivity index (χ3n) is 1.81. The van der Waals surface area contributed by atoms with Crippen molar-refractivity contribution < 1.29 is 14.4 Å². The Morgan fingerprint density at radius 1 is 1.60 bits per heavy atom. The van der Waals surface area contributed by atoms with Crippen LogP contribution in [0.5, 0.6) is 0 Å². The minimum atomic E-state index is -0.732. The Morgan fingerprint density at radius 3 is 2.60 bits per heavy atom. The van der Waals surface area contributed by atoms with Crippen molar-refractivity contribution in [3.63, 3.8) is 0 Å². The average Bonchev–Trinajstić information content (AvgIpc) is 2.58. The molecule has 0 atom stereocenters. The molecule has 7 heteroatoms. The van der Waals surface area contributed by atoms with Crippen LogP contribution in [0.25, 0.3) is 0 Å². The van der Waals surface area contributed by atoms with Crippen molar-refractivity contribution in [3.8, 4) is 0 Å². The maximum Gasteiger partial charge on any atom is 0.296 e. The smallest absolute Gasteiger partial charge is 0.296 e. The summed E-state index contributed by atoms with van der Waals surface area (Å²) in [5, 5.41) is 4.73. The fraction of sp³-hybridized carbons (Fsp3) is 0.375. The van der Waals surface area contributed by atoms with E-state index in [9.17, 15) is 9.59 Å². The minimum Gasteiger partial charge on any atom is -0.364 e. The van der Waals surface area contributed by atoms with E-state index < -0.39 is 11.8 Å². The maximum absolute atomic E-state index is 11.6. The van der Waals surface area contributed by atoms with Crippen LogP contribution in [0.3, 0.4) is 0 Å². The first-order valence-electron chi connectivity index (χ1n) is 4.05. The van der Waals surface area contributed by atoms with E-state index in [0.29, 0.717) is 0 Å². The van der Waals surface area contributed by atoms with E-state index in [1.54, 1.807) is 0 Å². The van der Waals surface area contributed by atoms with Gasteiger partial charge in [0.2, 0.25) is 0 Å². The number of hydrogen-bond acceptors (Lipinski definition) is 4. The lowest BCUT2D eigenvalue weighted by Crippen LogP contribution is -2.27. The molecule has 0 saturated heterocycles. The first kappa shape index (κ1) is 11.2. The zero-order valence-electron chi connectivity index (χ0n) is 8.64. The highest BCUT2D eigenvalue weighted by atomic mass is 16.7. The van der Waals surface area contributed by atoms with E-state index in [1.807, 2.05) is 0 Å². The predicted molar refractivity (Wildman–Crippen MR) is 49.7 cm³/mol. The Bertz CT molecular complexity index is 399. The van der Waals surface area contributed by atoms with Gasteiger partial charge in [-0.05, 0) is 0 Å². The predicted octanol–water partition coefficient (Wildman–Crippen LogP) is -1.05. The van der Waals surface area contributed by atoms with E-state index in [-0.39, 0.29) is 11.4 Å². The van der Waals surface area contributed by atoms with Crippen molar-refractivity contribution >= 4 is 11.8 Å². The van der Waals surface area contributed by atoms with Gasteiger partial charge in [-0.15, -0.1) is 0 Å². The molecule has 81 valence electrons. The van der Waals surface area contributed by atoms with Gasteiger partial charge in [0.05, 0.1) is 13.2 Å². The molecule has 1 aromatic heterocycles. The van der Waals surface area contributed by atoms with Gasteiger partial charge in [-0.1, -0.05) is 0 Å². The Labute approximate surface area is 86.4 Å². The van der Waals surface area contributed by atoms with Gasteiger partial charge in [0.15, 0.2) is 5.69 Å². The number of aryl methyl sites for hydroxylation is 1. The third kappa shape index (κ3) is 2.13. The SMILES string of the molecule is CON(C)C(=O)c1[c]c(C(N)=O)nn1C. The molecular formula is C8H11N4O3. The van der Waals surface area contributed by atoms with E-state index in [4.69, 9.17) is 10.6 Å². The number of rotatable bonds is 3. The summed E-state index contributed by atoms with van der Waals surface area (Å²) in [6.45, 7) is 0. The molecule has 0 aliphatic rings. The molecule has 0 unspecified atom stereocenters. The Balaban J connectivity index is 3.05. The number of nitrogens with zero attached hydrogens (tertiary/aromatic N) is 3. The van der Waals surface area contributed by atoms with E-state index >= 15 is 0 Å². The Hall–Kier alpha value is -1.89. The third-order valence-corrected chi connectivity index (χ3v) is 1.81. The van der Waals surface area contributed by atoms with Gasteiger partial charge >= 0.3 is 0 Å². The van der Waals surface area contributed by atoms with E-state index in [1.165, 1.54) is 25.9 Å². The summed E-state index contributed by atoms with van der Waals surface area (Å²) >= 11 is 0. The summed E-state index contributed by atoms with van der Waals surface area (Å²) in [5.74, 6) is -1.19. The number of carbonyl (C=O) groups excluding carboxylic acids is 2. The minimum absolute atomic E-state index is 0.0784. The van der Waals surface area contributed by atoms with Crippen LogP contribution in [-0.2, 0) is 11.9 Å². The second-order valence-corrected chi connectivity index (χ2v) is 2.80. The Kier molecular flexibility index (Phi) is 3.05. The molecule has 2 N–H and O–H groups in total. The van der Waals surface area contributed by atoms with Crippen molar-refractivity contribution in [2.24, 2.45) is 12.8 Å². The van der Waals surface area contributed by atoms with Gasteiger partial charge in [0.25, 0.3) is 11.8 Å². The lowest BCUT2D eigenvalue weighted by molar-refractivity contribution is -0.0763. The topological polar surface area (TPSA) is 90.4 Å². The zero-order valence-corrected chi connectivity index (χ0v) is 8.64. The van der Waals surface area contributed by atoms with Crippen molar-refractivity contribution in [3.05, 3.63) is 17.5 Å². The molecule has 0 fully saturated rings. The summed E-state index contributed by atoms with van der Waals surface area (Å²) in [6, 6.07) is 2.50. The van der Waals surface area contributed by atoms with E-state index in [0.717, 1.165) is 5.06 Å². The van der Waals surface area contributed by atoms with E-state index in [2.05, 4.69) is 11.2 Å². The highest BCUT2D eigenvalue weighted by molar-refractivity contribution is 5.96. The summed E-state index contributed by atoms with van der Waals surface area (Å²) < 4.78 is 1.22. The largest absolute Gasteiger partial charge is 0.364 e. The van der Waals surface area contributed by atoms with Crippen LogP contribution in [0.2, 0.25) is 0 Å². The standard InChI is InChI=1S/C8H11N4O3/c1-11-6(8(14)12(2)15-3)4-5(10-11)7(9)13/h1-3H3,(H2,9,13). The highest BCUT2D eigenvalue weighted by Crippen LogP contribution is 2.04. The molecule has 15 heavy (non-hydrogen) atoms. The summed E-state index contributed by atoms with van der Waals surface area (Å²) in [7, 11) is 4.30. The van der Waals surface area contributed by atoms with Crippen LogP contribution in [0, 0.1) is 6.07 Å². The first-order chi connectivity index (χ1) is 6.97. The molecular weight excluding hydrogens is 200 g/mol. The number of hydrogen-bond donors (Lipinski definition) is 1. The molecule has 0 spiro atoms. The van der Waals surface area contributed by atoms with Crippen molar-refractivity contribution in [1.82, 2.24) is 14.8 Å². The molecule has 1 heterocycles. The van der Waals surface area contributed by atoms with Gasteiger partial charge in [0, 0.05) is 14.1 Å². The molecule has 0 saturated carbocycles. The van der Waals surface area contributed by atoms with Crippen molar-refractivity contribution in [2.75, 3.05) is 14.2 Å². The normalized spacial score (nSPS) is 10.1. The quantitative estimate of drug-likeness (QED) is 0.646. The number of amides is 2. The molecule has 1 rings (SSSR count). The molecule has 0 aromatic carbocycles. The van der Waals surface area contributed by atoms with Crippen LogP contribution in [-0.4, -0.2) is 40.8 Å². The lowest BCUT2D eigenvalue weighted by Gasteiger charge is -2.12. The number of carbonyl (C=O) groups is 2. The molecule has 1 aromatic rings. The van der Waals surface area contributed by atoms with Gasteiger partial charge in [0.1, 0.15) is 5.69 Å². The Morgan fingerprint density at radius 2 is 2.20 bits per heavy atom. The number of aromatic nitrogens is 2. The van der Waals surface area contributed by atoms with Crippen molar-refractivity contribution in [2.45, 2.75) is 0 Å². The summed E-state index contributed by atoms with van der Waals surface area (Å²) in [5.41, 5.74) is 5.03. The number of nitrogens with two attached hydrogens (primary N) is 1. The second kappa shape index (κ2) is 4.09. The number of hydroxylamine groups is 2. The summed E-state index contributed by atoms with van der Waals surface area (Å²) in [4.78, 5) is 27.1. The molecule has 0 bridgehead atoms. The molecule has 2 amide bonds. The summed E-state index contributed by atoms with van der Waals surface area (Å²) in [6.07, 6.45) is 0. The molecule has 7 nitrogen and oxygen atoms in total. The monoisotopic (exact) mass is 211 g/mol. The molecule has 0 aliphatic heterocycles. The highest BCUT2D eigenvalue weighted by Gasteiger charge is 2.19. The van der Waals surface area contributed by atoms with Crippen LogP contribution >= 0.6 is 0 Å². The van der Waals surface area contributed by atoms with Crippen LogP contribution < -0.4 is 5.73 Å². The van der Waals surface area contributed by atoms with Crippen molar-refractivity contribution in [1.29, 1.82) is 0 Å². The second-order valence-electron chi connectivity index (χ2n) is 2.80. The fourth-order valence-electron chi connectivity index (χ4n) is 0.953. The van der Waals surface area contributed by atoms with Gasteiger partial charge < -0.3 is 5.73 Å². The zero-order chi connectivity index (χ0) is 11.6. The van der Waals surface area contributed by atoms with Gasteiger partial charge in [-0.2, -0.15) is 5.10 Å². The van der Waals surface area contributed by atoms with Crippen LogP contribution in [0.1, 0.15) is 21.0 Å².